The van der Waals surface area contributed by atoms with Crippen LogP contribution in [0.3, 0.4) is 0 Å². The summed E-state index contributed by atoms with van der Waals surface area (Å²) < 4.78 is 5.54. The molecule has 21 heavy (non-hydrogen) atoms. The predicted molar refractivity (Wildman–Crippen MR) is 87.8 cm³/mol. The van der Waals surface area contributed by atoms with Crippen LogP contribution in [0.1, 0.15) is 22.8 Å². The highest BCUT2D eigenvalue weighted by Gasteiger charge is 2.13. The zero-order chi connectivity index (χ0) is 15.6. The highest BCUT2D eigenvalue weighted by Crippen LogP contribution is 2.36. The number of hydrogen-bond donors (Lipinski definition) is 1. The van der Waals surface area contributed by atoms with Crippen molar-refractivity contribution in [3.8, 4) is 5.75 Å². The average molecular weight is 346 g/mol. The van der Waals surface area contributed by atoms with Crippen LogP contribution < -0.4 is 4.74 Å². The molecule has 0 spiro atoms. The van der Waals surface area contributed by atoms with Gasteiger partial charge in [0.1, 0.15) is 12.7 Å². The van der Waals surface area contributed by atoms with Crippen LogP contribution in [0.15, 0.2) is 30.3 Å². The molecular weight excluding hydrogens is 331 g/mol. The fourth-order valence-electron chi connectivity index (χ4n) is 1.90. The second kappa shape index (κ2) is 6.89. The second-order valence-corrected chi connectivity index (χ2v) is 6.12. The van der Waals surface area contributed by atoms with Crippen molar-refractivity contribution in [2.75, 3.05) is 6.61 Å². The highest BCUT2D eigenvalue weighted by molar-refractivity contribution is 6.40. The van der Waals surface area contributed by atoms with Gasteiger partial charge in [-0.1, -0.05) is 53.0 Å². The average Bonchev–Trinajstić information content (AvgIpc) is 2.40. The Morgan fingerprint density at radius 1 is 1.00 bits per heavy atom. The van der Waals surface area contributed by atoms with E-state index in [-0.39, 0.29) is 6.61 Å². The number of aryl methyl sites for hydroxylation is 2. The topological polar surface area (TPSA) is 29.5 Å². The lowest BCUT2D eigenvalue weighted by Gasteiger charge is -2.15. The van der Waals surface area contributed by atoms with Gasteiger partial charge < -0.3 is 9.84 Å². The maximum atomic E-state index is 10.2. The van der Waals surface area contributed by atoms with Gasteiger partial charge in [0.2, 0.25) is 0 Å². The SMILES string of the molecule is Cc1ccc(C(O)COc2c(Cl)cc(Cl)cc2Cl)cc1C. The third kappa shape index (κ3) is 4.04. The predicted octanol–water partition coefficient (Wildman–Crippen LogP) is 5.38. The molecule has 2 aromatic rings. The van der Waals surface area contributed by atoms with Crippen LogP contribution in [-0.2, 0) is 0 Å². The molecule has 0 aliphatic heterocycles. The van der Waals surface area contributed by atoms with Gasteiger partial charge in [-0.05, 0) is 42.7 Å². The summed E-state index contributed by atoms with van der Waals surface area (Å²) in [6.07, 6.45) is -0.757. The minimum atomic E-state index is -0.757. The lowest BCUT2D eigenvalue weighted by Crippen LogP contribution is -2.10. The molecule has 112 valence electrons. The molecule has 5 heteroatoms. The van der Waals surface area contributed by atoms with E-state index in [1.54, 1.807) is 12.1 Å². The summed E-state index contributed by atoms with van der Waals surface area (Å²) in [5.74, 6) is 0.325. The number of hydrogen-bond acceptors (Lipinski definition) is 2. The fraction of sp³-hybridized carbons (Fsp3) is 0.250. The lowest BCUT2D eigenvalue weighted by molar-refractivity contribution is 0.108. The number of ether oxygens (including phenoxy) is 1. The van der Waals surface area contributed by atoms with Gasteiger partial charge in [-0.15, -0.1) is 0 Å². The van der Waals surface area contributed by atoms with Crippen LogP contribution in [0, 0.1) is 13.8 Å². The van der Waals surface area contributed by atoms with Crippen molar-refractivity contribution in [2.24, 2.45) is 0 Å². The maximum absolute atomic E-state index is 10.2. The Labute approximate surface area is 139 Å². The first-order valence-corrected chi connectivity index (χ1v) is 7.54. The van der Waals surface area contributed by atoms with E-state index in [1.165, 1.54) is 5.56 Å². The molecule has 2 nitrogen and oxygen atoms in total. The van der Waals surface area contributed by atoms with Gasteiger partial charge in [0.15, 0.2) is 5.75 Å². The molecule has 0 aromatic heterocycles. The van der Waals surface area contributed by atoms with Crippen molar-refractivity contribution in [1.82, 2.24) is 0 Å². The molecule has 1 unspecified atom stereocenters. The van der Waals surface area contributed by atoms with E-state index in [0.717, 1.165) is 11.1 Å². The Morgan fingerprint density at radius 3 is 2.19 bits per heavy atom. The van der Waals surface area contributed by atoms with Gasteiger partial charge in [-0.25, -0.2) is 0 Å². The third-order valence-electron chi connectivity index (χ3n) is 3.26. The van der Waals surface area contributed by atoms with Crippen LogP contribution in [-0.4, -0.2) is 11.7 Å². The van der Waals surface area contributed by atoms with Crippen molar-refractivity contribution >= 4 is 34.8 Å². The van der Waals surface area contributed by atoms with Crippen LogP contribution in [0.4, 0.5) is 0 Å². The smallest absolute Gasteiger partial charge is 0.156 e. The molecule has 0 saturated carbocycles. The molecule has 0 saturated heterocycles. The van der Waals surface area contributed by atoms with Gasteiger partial charge in [-0.2, -0.15) is 0 Å². The molecule has 0 fully saturated rings. The van der Waals surface area contributed by atoms with Gasteiger partial charge in [0, 0.05) is 5.02 Å². The van der Waals surface area contributed by atoms with Crippen molar-refractivity contribution in [1.29, 1.82) is 0 Å². The van der Waals surface area contributed by atoms with Gasteiger partial charge in [-0.3, -0.25) is 0 Å². The van der Waals surface area contributed by atoms with Crippen molar-refractivity contribution in [3.05, 3.63) is 62.1 Å². The zero-order valence-electron chi connectivity index (χ0n) is 11.7. The Hall–Kier alpha value is -0.930. The number of benzene rings is 2. The van der Waals surface area contributed by atoms with E-state index in [4.69, 9.17) is 39.5 Å². The van der Waals surface area contributed by atoms with Crippen LogP contribution >= 0.6 is 34.8 Å². The standard InChI is InChI=1S/C16H15Cl3O2/c1-9-3-4-11(5-10(9)2)15(20)8-21-16-13(18)6-12(17)7-14(16)19/h3-7,15,20H,8H2,1-2H3. The number of rotatable bonds is 4. The van der Waals surface area contributed by atoms with E-state index >= 15 is 0 Å². The number of aliphatic hydroxyl groups is 1. The molecule has 0 bridgehead atoms. The summed E-state index contributed by atoms with van der Waals surface area (Å²) in [4.78, 5) is 0. The molecular formula is C16H15Cl3O2. The molecule has 2 aromatic carbocycles. The molecule has 0 radical (unpaired) electrons. The first-order valence-electron chi connectivity index (χ1n) is 6.41. The van der Waals surface area contributed by atoms with E-state index in [1.807, 2.05) is 32.0 Å². The van der Waals surface area contributed by atoms with Crippen LogP contribution in [0.2, 0.25) is 15.1 Å². The summed E-state index contributed by atoms with van der Waals surface area (Å²) in [5, 5.41) is 11.3. The molecule has 0 aliphatic carbocycles. The zero-order valence-corrected chi connectivity index (χ0v) is 13.9. The first-order chi connectivity index (χ1) is 9.88. The van der Waals surface area contributed by atoms with Crippen molar-refractivity contribution < 1.29 is 9.84 Å². The Balaban J connectivity index is 2.11. The molecule has 1 atom stereocenters. The van der Waals surface area contributed by atoms with Gasteiger partial charge >= 0.3 is 0 Å². The van der Waals surface area contributed by atoms with Crippen LogP contribution in [0.25, 0.3) is 0 Å². The summed E-state index contributed by atoms with van der Waals surface area (Å²) in [5.41, 5.74) is 3.09. The number of halogens is 3. The van der Waals surface area contributed by atoms with Crippen molar-refractivity contribution in [3.63, 3.8) is 0 Å². The van der Waals surface area contributed by atoms with E-state index < -0.39 is 6.10 Å². The molecule has 0 heterocycles. The van der Waals surface area contributed by atoms with Gasteiger partial charge in [0.05, 0.1) is 10.0 Å². The fourth-order valence-corrected chi connectivity index (χ4v) is 2.82. The lowest BCUT2D eigenvalue weighted by atomic mass is 10.0. The second-order valence-electron chi connectivity index (χ2n) is 4.87. The first kappa shape index (κ1) is 16.4. The maximum Gasteiger partial charge on any atom is 0.156 e. The third-order valence-corrected chi connectivity index (χ3v) is 4.04. The quantitative estimate of drug-likeness (QED) is 0.806. The molecule has 2 rings (SSSR count). The van der Waals surface area contributed by atoms with Gasteiger partial charge in [0.25, 0.3) is 0 Å². The molecule has 0 aliphatic rings. The summed E-state index contributed by atoms with van der Waals surface area (Å²) >= 11 is 17.9. The monoisotopic (exact) mass is 344 g/mol. The normalized spacial score (nSPS) is 12.3. The summed E-state index contributed by atoms with van der Waals surface area (Å²) in [6, 6.07) is 8.88. The van der Waals surface area contributed by atoms with Crippen molar-refractivity contribution in [2.45, 2.75) is 20.0 Å². The Morgan fingerprint density at radius 2 is 1.62 bits per heavy atom. The van der Waals surface area contributed by atoms with E-state index in [9.17, 15) is 5.11 Å². The Kier molecular flexibility index (Phi) is 5.39. The van der Waals surface area contributed by atoms with E-state index in [2.05, 4.69) is 0 Å². The molecule has 0 amide bonds. The minimum Gasteiger partial charge on any atom is -0.487 e. The summed E-state index contributed by atoms with van der Waals surface area (Å²) in [6.45, 7) is 4.08. The molecule has 1 N–H and O–H groups in total. The largest absolute Gasteiger partial charge is 0.487 e. The Bertz CT molecular complexity index is 633. The number of aliphatic hydroxyl groups excluding tert-OH is 1. The van der Waals surface area contributed by atoms with Crippen LogP contribution in [0.5, 0.6) is 5.75 Å². The summed E-state index contributed by atoms with van der Waals surface area (Å²) in [7, 11) is 0. The minimum absolute atomic E-state index is 0.0591. The highest BCUT2D eigenvalue weighted by atomic mass is 35.5. The van der Waals surface area contributed by atoms with E-state index in [0.29, 0.717) is 20.8 Å².